The number of sulfonamides is 1. The average Bonchev–Trinajstić information content (AvgIpc) is 2.46. The molecule has 1 aliphatic heterocycles. The van der Waals surface area contributed by atoms with Crippen LogP contribution in [0.1, 0.15) is 25.3 Å². The number of nitrogens with one attached hydrogen (secondary N) is 1. The number of hydrogen-bond acceptors (Lipinski definition) is 4. The van der Waals surface area contributed by atoms with Gasteiger partial charge in [-0.3, -0.25) is 0 Å². The van der Waals surface area contributed by atoms with E-state index in [4.69, 9.17) is 10.00 Å². The third kappa shape index (κ3) is 3.57. The molecule has 1 heterocycles. The Labute approximate surface area is 119 Å². The number of nitriles is 1. The number of ether oxygens (including phenoxy) is 1. The summed E-state index contributed by atoms with van der Waals surface area (Å²) >= 11 is 0. The van der Waals surface area contributed by atoms with Crippen molar-refractivity contribution in [3.63, 3.8) is 0 Å². The van der Waals surface area contributed by atoms with Gasteiger partial charge in [0.1, 0.15) is 0 Å². The largest absolute Gasteiger partial charge is 0.381 e. The van der Waals surface area contributed by atoms with Gasteiger partial charge in [0.15, 0.2) is 0 Å². The van der Waals surface area contributed by atoms with Crippen molar-refractivity contribution in [3.8, 4) is 6.07 Å². The van der Waals surface area contributed by atoms with Crippen LogP contribution in [0.5, 0.6) is 0 Å². The van der Waals surface area contributed by atoms with E-state index in [-0.39, 0.29) is 10.3 Å². The van der Waals surface area contributed by atoms with E-state index >= 15 is 0 Å². The molecule has 0 aliphatic carbocycles. The first-order valence-corrected chi connectivity index (χ1v) is 8.01. The molecule has 0 bridgehead atoms. The smallest absolute Gasteiger partial charge is 0.240 e. The van der Waals surface area contributed by atoms with Crippen LogP contribution in [0.4, 0.5) is 0 Å². The fourth-order valence-electron chi connectivity index (χ4n) is 2.13. The van der Waals surface area contributed by atoms with Crippen LogP contribution in [-0.2, 0) is 14.8 Å². The van der Waals surface area contributed by atoms with Gasteiger partial charge in [0, 0.05) is 19.8 Å². The van der Waals surface area contributed by atoms with Crippen molar-refractivity contribution < 1.29 is 13.2 Å². The lowest BCUT2D eigenvalue weighted by atomic mass is 9.83. The van der Waals surface area contributed by atoms with E-state index in [9.17, 15) is 8.42 Å². The monoisotopic (exact) mass is 294 g/mol. The highest BCUT2D eigenvalue weighted by Gasteiger charge is 2.29. The number of rotatable bonds is 4. The first kappa shape index (κ1) is 15.0. The maximum absolute atomic E-state index is 12.2. The maximum Gasteiger partial charge on any atom is 0.240 e. The van der Waals surface area contributed by atoms with Crippen LogP contribution in [0, 0.1) is 16.7 Å². The van der Waals surface area contributed by atoms with E-state index in [0.717, 1.165) is 12.8 Å². The summed E-state index contributed by atoms with van der Waals surface area (Å²) in [5, 5.41) is 8.82. The van der Waals surface area contributed by atoms with E-state index < -0.39 is 10.0 Å². The van der Waals surface area contributed by atoms with E-state index in [1.807, 2.05) is 6.07 Å². The summed E-state index contributed by atoms with van der Waals surface area (Å²) in [6.07, 6.45) is 1.68. The average molecular weight is 294 g/mol. The highest BCUT2D eigenvalue weighted by atomic mass is 32.2. The summed E-state index contributed by atoms with van der Waals surface area (Å²) in [4.78, 5) is 0.132. The number of hydrogen-bond donors (Lipinski definition) is 1. The Morgan fingerprint density at radius 1 is 1.40 bits per heavy atom. The van der Waals surface area contributed by atoms with Gasteiger partial charge in [0.2, 0.25) is 10.0 Å². The highest BCUT2D eigenvalue weighted by Crippen LogP contribution is 2.29. The third-order valence-electron chi connectivity index (χ3n) is 3.66. The van der Waals surface area contributed by atoms with Crippen LogP contribution >= 0.6 is 0 Å². The fraction of sp³-hybridized carbons (Fsp3) is 0.500. The molecule has 1 saturated heterocycles. The lowest BCUT2D eigenvalue weighted by molar-refractivity contribution is 0.0265. The normalized spacial score (nSPS) is 18.4. The van der Waals surface area contributed by atoms with Gasteiger partial charge in [-0.15, -0.1) is 0 Å². The van der Waals surface area contributed by atoms with Gasteiger partial charge in [0.25, 0.3) is 0 Å². The molecule has 0 amide bonds. The van der Waals surface area contributed by atoms with Gasteiger partial charge in [-0.05, 0) is 36.5 Å². The molecule has 108 valence electrons. The molecule has 5 nitrogen and oxygen atoms in total. The molecule has 1 aliphatic rings. The van der Waals surface area contributed by atoms with Crippen molar-refractivity contribution in [1.29, 1.82) is 5.26 Å². The van der Waals surface area contributed by atoms with E-state index in [1.54, 1.807) is 12.1 Å². The van der Waals surface area contributed by atoms with Gasteiger partial charge < -0.3 is 4.74 Å². The molecule has 1 aromatic carbocycles. The zero-order valence-electron chi connectivity index (χ0n) is 11.4. The summed E-state index contributed by atoms with van der Waals surface area (Å²) in [6, 6.07) is 7.98. The van der Waals surface area contributed by atoms with Crippen LogP contribution < -0.4 is 4.72 Å². The van der Waals surface area contributed by atoms with Crippen LogP contribution in [-0.4, -0.2) is 28.2 Å². The maximum atomic E-state index is 12.2. The third-order valence-corrected chi connectivity index (χ3v) is 5.06. The van der Waals surface area contributed by atoms with Gasteiger partial charge >= 0.3 is 0 Å². The van der Waals surface area contributed by atoms with Gasteiger partial charge in [-0.25, -0.2) is 13.1 Å². The first-order valence-electron chi connectivity index (χ1n) is 6.53. The van der Waals surface area contributed by atoms with Crippen LogP contribution in [0.15, 0.2) is 29.2 Å². The highest BCUT2D eigenvalue weighted by molar-refractivity contribution is 7.89. The minimum absolute atomic E-state index is 0.0713. The second kappa shape index (κ2) is 5.92. The first-order chi connectivity index (χ1) is 9.45. The number of nitrogens with zero attached hydrogens (tertiary/aromatic N) is 1. The Hall–Kier alpha value is -1.42. The molecule has 0 spiro atoms. The molecule has 6 heteroatoms. The molecular formula is C14H18N2O3S. The minimum atomic E-state index is -3.57. The molecule has 0 radical (unpaired) electrons. The van der Waals surface area contributed by atoms with Crippen LogP contribution in [0.25, 0.3) is 0 Å². The topological polar surface area (TPSA) is 79.2 Å². The Morgan fingerprint density at radius 3 is 2.75 bits per heavy atom. The van der Waals surface area contributed by atoms with Crippen molar-refractivity contribution in [2.45, 2.75) is 24.7 Å². The van der Waals surface area contributed by atoms with Crippen molar-refractivity contribution in [1.82, 2.24) is 4.72 Å². The molecule has 0 atom stereocenters. The van der Waals surface area contributed by atoms with E-state index in [1.165, 1.54) is 12.1 Å². The summed E-state index contributed by atoms with van der Waals surface area (Å²) in [7, 11) is -3.57. The molecular weight excluding hydrogens is 276 g/mol. The standard InChI is InChI=1S/C14H18N2O3S/c1-14(5-7-19-8-6-14)11-16-20(17,18)13-4-2-3-12(9-13)10-15/h2-4,9,16H,5-8,11H2,1H3. The Kier molecular flexibility index (Phi) is 4.43. The molecule has 2 rings (SSSR count). The van der Waals surface area contributed by atoms with E-state index in [0.29, 0.717) is 25.3 Å². The zero-order chi connectivity index (χ0) is 14.6. The quantitative estimate of drug-likeness (QED) is 0.915. The lowest BCUT2D eigenvalue weighted by Gasteiger charge is -2.33. The second-order valence-corrected chi connectivity index (χ2v) is 7.15. The van der Waals surface area contributed by atoms with Gasteiger partial charge in [-0.2, -0.15) is 5.26 Å². The summed E-state index contributed by atoms with van der Waals surface area (Å²) < 4.78 is 32.4. The molecule has 1 N–H and O–H groups in total. The number of benzene rings is 1. The van der Waals surface area contributed by atoms with Gasteiger partial charge in [-0.1, -0.05) is 13.0 Å². The predicted molar refractivity (Wildman–Crippen MR) is 74.5 cm³/mol. The molecule has 1 fully saturated rings. The molecule has 20 heavy (non-hydrogen) atoms. The molecule has 0 saturated carbocycles. The summed E-state index contributed by atoms with van der Waals surface area (Å²) in [5.41, 5.74) is 0.267. The fourth-order valence-corrected chi connectivity index (χ4v) is 3.37. The molecule has 1 aromatic rings. The predicted octanol–water partition coefficient (Wildman–Crippen LogP) is 1.65. The Morgan fingerprint density at radius 2 is 2.10 bits per heavy atom. The summed E-state index contributed by atoms with van der Waals surface area (Å²) in [6.45, 7) is 3.78. The second-order valence-electron chi connectivity index (χ2n) is 5.39. The Balaban J connectivity index is 2.09. The Bertz CT molecular complexity index is 614. The SMILES string of the molecule is CC1(CNS(=O)(=O)c2cccc(C#N)c2)CCOCC1. The molecule has 0 aromatic heterocycles. The van der Waals surface area contributed by atoms with Crippen LogP contribution in [0.2, 0.25) is 0 Å². The van der Waals surface area contributed by atoms with Crippen LogP contribution in [0.3, 0.4) is 0 Å². The molecule has 0 unspecified atom stereocenters. The van der Waals surface area contributed by atoms with Crippen molar-refractivity contribution in [2.24, 2.45) is 5.41 Å². The van der Waals surface area contributed by atoms with Crippen molar-refractivity contribution >= 4 is 10.0 Å². The minimum Gasteiger partial charge on any atom is -0.381 e. The lowest BCUT2D eigenvalue weighted by Crippen LogP contribution is -2.39. The van der Waals surface area contributed by atoms with E-state index in [2.05, 4.69) is 11.6 Å². The van der Waals surface area contributed by atoms with Crippen molar-refractivity contribution in [2.75, 3.05) is 19.8 Å². The summed E-state index contributed by atoms with van der Waals surface area (Å²) in [5.74, 6) is 0. The van der Waals surface area contributed by atoms with Gasteiger partial charge in [0.05, 0.1) is 16.5 Å². The zero-order valence-corrected chi connectivity index (χ0v) is 12.2. The van der Waals surface area contributed by atoms with Crippen molar-refractivity contribution in [3.05, 3.63) is 29.8 Å².